The number of hydrogen-bond donors (Lipinski definition) is 8. The summed E-state index contributed by atoms with van der Waals surface area (Å²) in [5.74, 6) is -2.19. The highest BCUT2D eigenvalue weighted by Crippen LogP contribution is 2.40. The molecular formula is C28H32O15. The molecule has 3 aromatic rings. The number of aromatic hydroxyl groups is 3. The number of phenols is 3. The molecule has 1 aromatic heterocycles. The first kappa shape index (κ1) is 30.8. The molecule has 0 aliphatic carbocycles. The fourth-order valence-electron chi connectivity index (χ4n) is 5.03. The second-order valence-corrected chi connectivity index (χ2v) is 10.4. The van der Waals surface area contributed by atoms with Gasteiger partial charge < -0.3 is 69.0 Å². The van der Waals surface area contributed by atoms with Crippen molar-refractivity contribution in [3.63, 3.8) is 0 Å². The van der Waals surface area contributed by atoms with E-state index in [0.29, 0.717) is 0 Å². The van der Waals surface area contributed by atoms with Crippen LogP contribution in [0.15, 0.2) is 39.5 Å². The Balaban J connectivity index is 1.49. The van der Waals surface area contributed by atoms with Crippen LogP contribution in [0, 0.1) is 0 Å². The molecule has 0 bridgehead atoms. The molecule has 8 N–H and O–H groups in total. The zero-order valence-electron chi connectivity index (χ0n) is 23.1. The number of methoxy groups -OCH3 is 1. The molecule has 15 heteroatoms. The van der Waals surface area contributed by atoms with Gasteiger partial charge in [0.05, 0.1) is 19.3 Å². The summed E-state index contributed by atoms with van der Waals surface area (Å²) in [6.45, 7) is 2.89. The predicted molar refractivity (Wildman–Crippen MR) is 144 cm³/mol. The lowest BCUT2D eigenvalue weighted by Crippen LogP contribution is -2.63. The van der Waals surface area contributed by atoms with E-state index in [4.69, 9.17) is 28.1 Å². The van der Waals surface area contributed by atoms with Crippen LogP contribution in [0.4, 0.5) is 0 Å². The molecule has 0 radical (unpaired) electrons. The topological polar surface area (TPSA) is 238 Å². The van der Waals surface area contributed by atoms with Crippen molar-refractivity contribution in [2.24, 2.45) is 0 Å². The first-order valence-electron chi connectivity index (χ1n) is 13.3. The van der Waals surface area contributed by atoms with Gasteiger partial charge in [0.2, 0.25) is 17.5 Å². The first-order valence-corrected chi connectivity index (χ1v) is 13.3. The van der Waals surface area contributed by atoms with Gasteiger partial charge >= 0.3 is 0 Å². The molecule has 234 valence electrons. The minimum Gasteiger partial charge on any atom is -0.507 e. The monoisotopic (exact) mass is 608 g/mol. The van der Waals surface area contributed by atoms with Gasteiger partial charge in [-0.25, -0.2) is 0 Å². The summed E-state index contributed by atoms with van der Waals surface area (Å²) < 4.78 is 33.6. The van der Waals surface area contributed by atoms with Crippen molar-refractivity contribution < 1.29 is 69.0 Å². The van der Waals surface area contributed by atoms with E-state index in [1.54, 1.807) is 0 Å². The third-order valence-corrected chi connectivity index (χ3v) is 7.49. The van der Waals surface area contributed by atoms with Crippen molar-refractivity contribution in [3.8, 4) is 40.1 Å². The molecule has 43 heavy (non-hydrogen) atoms. The molecule has 2 aromatic carbocycles. The molecule has 10 atom stereocenters. The molecule has 0 unspecified atom stereocenters. The van der Waals surface area contributed by atoms with E-state index in [0.717, 1.165) is 12.1 Å². The van der Waals surface area contributed by atoms with Crippen molar-refractivity contribution in [2.75, 3.05) is 7.11 Å². The van der Waals surface area contributed by atoms with Gasteiger partial charge in [0.15, 0.2) is 23.5 Å². The first-order chi connectivity index (χ1) is 20.3. The van der Waals surface area contributed by atoms with Crippen LogP contribution in [-0.2, 0) is 14.2 Å². The third kappa shape index (κ3) is 5.57. The van der Waals surface area contributed by atoms with Gasteiger partial charge in [0.25, 0.3) is 0 Å². The Morgan fingerprint density at radius 2 is 1.42 bits per heavy atom. The number of aliphatic hydroxyl groups is 5. The Morgan fingerprint density at radius 1 is 0.744 bits per heavy atom. The maximum atomic E-state index is 13.7. The Kier molecular flexibility index (Phi) is 8.43. The lowest BCUT2D eigenvalue weighted by atomic mass is 9.97. The van der Waals surface area contributed by atoms with Crippen LogP contribution in [-0.4, -0.2) is 109 Å². The molecule has 5 rings (SSSR count). The van der Waals surface area contributed by atoms with E-state index in [-0.39, 0.29) is 28.0 Å². The van der Waals surface area contributed by atoms with Gasteiger partial charge in [-0.05, 0) is 32.0 Å². The largest absolute Gasteiger partial charge is 0.507 e. The SMILES string of the molecule is COc1cc(O)c2c(=O)c(O[C@@H]3O[C@@H](C)[C@@H](O[C@@H]4O[C@@H](C)[C@H](O)[C@H](O)[C@@H]4O)[C@@H](O)[C@@H]3O)c(-c3ccc(O)c(O)c3)oc2c1. The maximum absolute atomic E-state index is 13.7. The van der Waals surface area contributed by atoms with Crippen LogP contribution in [0.1, 0.15) is 13.8 Å². The average molecular weight is 609 g/mol. The highest BCUT2D eigenvalue weighted by molar-refractivity contribution is 5.88. The van der Waals surface area contributed by atoms with Crippen LogP contribution < -0.4 is 14.9 Å². The van der Waals surface area contributed by atoms with Gasteiger partial charge in [-0.2, -0.15) is 0 Å². The highest BCUT2D eigenvalue weighted by atomic mass is 16.7. The quantitative estimate of drug-likeness (QED) is 0.167. The van der Waals surface area contributed by atoms with Gasteiger partial charge in [-0.15, -0.1) is 0 Å². The number of phenolic OH excluding ortho intramolecular Hbond substituents is 3. The summed E-state index contributed by atoms with van der Waals surface area (Å²) in [6.07, 6.45) is -14.8. The van der Waals surface area contributed by atoms with Gasteiger partial charge in [0, 0.05) is 17.7 Å². The van der Waals surface area contributed by atoms with Gasteiger partial charge in [-0.1, -0.05) is 0 Å². The molecule has 2 aliphatic rings. The van der Waals surface area contributed by atoms with Crippen LogP contribution >= 0.6 is 0 Å². The van der Waals surface area contributed by atoms with Crippen molar-refractivity contribution >= 4 is 11.0 Å². The van der Waals surface area contributed by atoms with E-state index >= 15 is 0 Å². The molecule has 2 aliphatic heterocycles. The molecule has 3 heterocycles. The second kappa shape index (κ2) is 11.8. The standard InChI is InChI=1S/C28H32O15/c1-9-18(32)20(34)22(36)27(39-9)42-24-10(2)40-28(23(37)21(24)35)43-26-19(33)17-15(31)7-12(38-3)8-16(17)41-25(26)11-4-5-13(29)14(30)6-11/h4-10,18,20-24,27-32,34-37H,1-3H3/t9-,10-,18-,20-,21-,22-,23-,24+,27-,28-/m0/s1. The summed E-state index contributed by atoms with van der Waals surface area (Å²) in [5, 5.41) is 82.4. The second-order valence-electron chi connectivity index (χ2n) is 10.4. The molecule has 0 saturated carbocycles. The molecular weight excluding hydrogens is 576 g/mol. The summed E-state index contributed by atoms with van der Waals surface area (Å²) in [6, 6.07) is 6.05. The highest BCUT2D eigenvalue weighted by Gasteiger charge is 2.50. The number of hydrogen-bond acceptors (Lipinski definition) is 15. The third-order valence-electron chi connectivity index (χ3n) is 7.49. The molecule has 2 saturated heterocycles. The van der Waals surface area contributed by atoms with Crippen molar-refractivity contribution in [1.82, 2.24) is 0 Å². The average Bonchev–Trinajstić information content (AvgIpc) is 2.97. The molecule has 0 spiro atoms. The van der Waals surface area contributed by atoms with Crippen molar-refractivity contribution in [2.45, 2.75) is 75.3 Å². The lowest BCUT2D eigenvalue weighted by Gasteiger charge is -2.45. The van der Waals surface area contributed by atoms with Gasteiger partial charge in [0.1, 0.15) is 59.1 Å². The fraction of sp³-hybridized carbons (Fsp3) is 0.464. The summed E-state index contributed by atoms with van der Waals surface area (Å²) in [4.78, 5) is 13.7. The molecule has 0 amide bonds. The van der Waals surface area contributed by atoms with Crippen LogP contribution in [0.3, 0.4) is 0 Å². The summed E-state index contributed by atoms with van der Waals surface area (Å²) in [7, 11) is 1.34. The maximum Gasteiger partial charge on any atom is 0.239 e. The van der Waals surface area contributed by atoms with E-state index < -0.39 is 89.8 Å². The molecule has 2 fully saturated rings. The molecule has 15 nitrogen and oxygen atoms in total. The van der Waals surface area contributed by atoms with Gasteiger partial charge in [-0.3, -0.25) is 4.79 Å². The van der Waals surface area contributed by atoms with E-state index in [1.807, 2.05) is 0 Å². The number of rotatable bonds is 6. The summed E-state index contributed by atoms with van der Waals surface area (Å²) >= 11 is 0. The fourth-order valence-corrected chi connectivity index (χ4v) is 5.03. The minimum absolute atomic E-state index is 0.0602. The number of benzene rings is 2. The lowest BCUT2D eigenvalue weighted by molar-refractivity contribution is -0.345. The predicted octanol–water partition coefficient (Wildman–Crippen LogP) is -0.356. The van der Waals surface area contributed by atoms with Crippen molar-refractivity contribution in [1.29, 1.82) is 0 Å². The normalized spacial score (nSPS) is 32.9. The van der Waals surface area contributed by atoms with E-state index in [1.165, 1.54) is 39.2 Å². The Bertz CT molecular complexity index is 1540. The minimum atomic E-state index is -1.87. The number of aliphatic hydroxyl groups excluding tert-OH is 5. The van der Waals surface area contributed by atoms with Crippen LogP contribution in [0.25, 0.3) is 22.3 Å². The van der Waals surface area contributed by atoms with E-state index in [2.05, 4.69) is 0 Å². The Hall–Kier alpha value is -3.67. The van der Waals surface area contributed by atoms with E-state index in [9.17, 15) is 45.6 Å². The number of fused-ring (bicyclic) bond motifs is 1. The van der Waals surface area contributed by atoms with Crippen molar-refractivity contribution in [3.05, 3.63) is 40.6 Å². The Labute approximate surface area is 243 Å². The van der Waals surface area contributed by atoms with Crippen LogP contribution in [0.5, 0.6) is 28.7 Å². The zero-order chi connectivity index (χ0) is 31.3. The summed E-state index contributed by atoms with van der Waals surface area (Å²) in [5.41, 5.74) is -0.957. The van der Waals surface area contributed by atoms with Crippen LogP contribution in [0.2, 0.25) is 0 Å². The zero-order valence-corrected chi connectivity index (χ0v) is 23.1. The smallest absolute Gasteiger partial charge is 0.239 e. The Morgan fingerprint density at radius 3 is 2.09 bits per heavy atom. The number of ether oxygens (including phenoxy) is 5.